The number of carbonyl (C=O) groups excluding carboxylic acids is 1. The van der Waals surface area contributed by atoms with Crippen LogP contribution in [0.15, 0.2) is 51.9 Å². The lowest BCUT2D eigenvalue weighted by atomic mass is 10.00. The molecule has 1 saturated heterocycles. The van der Waals surface area contributed by atoms with Crippen molar-refractivity contribution in [2.24, 2.45) is 0 Å². The molecule has 8 heteroatoms. The number of hydrogen-bond donors (Lipinski definition) is 0. The number of pyridine rings is 1. The molecule has 0 spiro atoms. The number of carbonyl (C=O) groups is 1. The van der Waals surface area contributed by atoms with Gasteiger partial charge in [0.25, 0.3) is 5.91 Å². The number of methoxy groups -OCH3 is 1. The number of amides is 1. The SMILES string of the molecule is COc1ccc2c(=O)c3c(oc2c1)C(=O)N(CCCN1CCOCC1)C3c1cccnc1. The first-order chi connectivity index (χ1) is 15.7. The molecule has 5 rings (SSSR count). The largest absolute Gasteiger partial charge is 0.497 e. The minimum atomic E-state index is -0.515. The molecule has 1 fully saturated rings. The molecule has 2 aliphatic rings. The van der Waals surface area contributed by atoms with E-state index < -0.39 is 6.04 Å². The lowest BCUT2D eigenvalue weighted by Gasteiger charge is -2.29. The highest BCUT2D eigenvalue weighted by Gasteiger charge is 2.42. The average molecular weight is 435 g/mol. The predicted molar refractivity (Wildman–Crippen MR) is 118 cm³/mol. The summed E-state index contributed by atoms with van der Waals surface area (Å²) < 4.78 is 16.7. The fourth-order valence-corrected chi connectivity index (χ4v) is 4.53. The number of hydrogen-bond acceptors (Lipinski definition) is 7. The Hall–Kier alpha value is -3.23. The van der Waals surface area contributed by atoms with Gasteiger partial charge in [-0.2, -0.15) is 0 Å². The normalized spacial score (nSPS) is 18.8. The van der Waals surface area contributed by atoms with Crippen molar-refractivity contribution in [3.05, 3.63) is 69.8 Å². The van der Waals surface area contributed by atoms with E-state index in [1.807, 2.05) is 12.1 Å². The molecule has 1 aromatic carbocycles. The van der Waals surface area contributed by atoms with E-state index in [0.717, 1.165) is 44.8 Å². The van der Waals surface area contributed by atoms with E-state index in [1.165, 1.54) is 0 Å². The molecule has 4 heterocycles. The summed E-state index contributed by atoms with van der Waals surface area (Å²) in [5.74, 6) is 0.408. The van der Waals surface area contributed by atoms with Crippen molar-refractivity contribution in [1.29, 1.82) is 0 Å². The van der Waals surface area contributed by atoms with E-state index in [0.29, 0.717) is 28.8 Å². The van der Waals surface area contributed by atoms with Gasteiger partial charge in [-0.25, -0.2) is 0 Å². The van der Waals surface area contributed by atoms with Crippen molar-refractivity contribution in [2.45, 2.75) is 12.5 Å². The minimum absolute atomic E-state index is 0.107. The Labute approximate surface area is 185 Å². The fourth-order valence-electron chi connectivity index (χ4n) is 4.53. The van der Waals surface area contributed by atoms with Crippen molar-refractivity contribution in [2.75, 3.05) is 46.5 Å². The van der Waals surface area contributed by atoms with Crippen LogP contribution in [-0.4, -0.2) is 67.2 Å². The predicted octanol–water partition coefficient (Wildman–Crippen LogP) is 2.46. The van der Waals surface area contributed by atoms with Crippen LogP contribution in [0.25, 0.3) is 11.0 Å². The van der Waals surface area contributed by atoms with Gasteiger partial charge in [0, 0.05) is 44.6 Å². The van der Waals surface area contributed by atoms with Crippen molar-refractivity contribution < 1.29 is 18.7 Å². The maximum atomic E-state index is 13.5. The number of nitrogens with zero attached hydrogens (tertiary/aromatic N) is 3. The van der Waals surface area contributed by atoms with Crippen LogP contribution in [0.5, 0.6) is 5.75 Å². The second kappa shape index (κ2) is 8.72. The van der Waals surface area contributed by atoms with Crippen molar-refractivity contribution in [1.82, 2.24) is 14.8 Å². The fraction of sp³-hybridized carbons (Fsp3) is 0.375. The molecule has 0 saturated carbocycles. The standard InChI is InChI=1S/C24H25N3O5/c1-30-17-5-6-18-19(14-17)32-23-20(22(18)28)21(16-4-2-7-25-15-16)27(24(23)29)9-3-8-26-10-12-31-13-11-26/h2,4-7,14-15,21H,3,8-13H2,1H3. The Morgan fingerprint density at radius 3 is 2.75 bits per heavy atom. The summed E-state index contributed by atoms with van der Waals surface area (Å²) in [4.78, 5) is 35.2. The van der Waals surface area contributed by atoms with E-state index in [-0.39, 0.29) is 17.1 Å². The topological polar surface area (TPSA) is 85.1 Å². The molecule has 8 nitrogen and oxygen atoms in total. The highest BCUT2D eigenvalue weighted by Crippen LogP contribution is 2.38. The summed E-state index contributed by atoms with van der Waals surface area (Å²) in [5, 5.41) is 0.432. The van der Waals surface area contributed by atoms with Gasteiger partial charge in [0.05, 0.1) is 37.3 Å². The van der Waals surface area contributed by atoms with Crippen LogP contribution in [0.1, 0.15) is 34.1 Å². The molecule has 0 bridgehead atoms. The molecule has 1 unspecified atom stereocenters. The summed E-state index contributed by atoms with van der Waals surface area (Å²) in [5.41, 5.74) is 1.33. The van der Waals surface area contributed by atoms with Gasteiger partial charge in [0.1, 0.15) is 11.3 Å². The third-order valence-electron chi connectivity index (χ3n) is 6.15. The molecule has 2 aliphatic heterocycles. The van der Waals surface area contributed by atoms with Crippen molar-refractivity contribution >= 4 is 16.9 Å². The van der Waals surface area contributed by atoms with Gasteiger partial charge in [-0.05, 0) is 30.2 Å². The van der Waals surface area contributed by atoms with E-state index in [2.05, 4.69) is 9.88 Å². The van der Waals surface area contributed by atoms with Crippen LogP contribution < -0.4 is 10.2 Å². The highest BCUT2D eigenvalue weighted by atomic mass is 16.5. The number of ether oxygens (including phenoxy) is 2. The average Bonchev–Trinajstić information content (AvgIpc) is 3.12. The Kier molecular flexibility index (Phi) is 5.63. The Bertz CT molecular complexity index is 1190. The number of benzene rings is 1. The molecule has 1 amide bonds. The molecule has 3 aromatic rings. The van der Waals surface area contributed by atoms with Gasteiger partial charge in [-0.1, -0.05) is 6.07 Å². The van der Waals surface area contributed by atoms with Crippen molar-refractivity contribution in [3.8, 4) is 5.75 Å². The summed E-state index contributed by atoms with van der Waals surface area (Å²) in [6.07, 6.45) is 4.18. The first-order valence-electron chi connectivity index (χ1n) is 10.8. The Balaban J connectivity index is 1.52. The van der Waals surface area contributed by atoms with Crippen LogP contribution in [0, 0.1) is 0 Å². The van der Waals surface area contributed by atoms with E-state index in [9.17, 15) is 9.59 Å². The maximum Gasteiger partial charge on any atom is 0.290 e. The molecular weight excluding hydrogens is 410 g/mol. The second-order valence-corrected chi connectivity index (χ2v) is 8.03. The van der Waals surface area contributed by atoms with Crippen LogP contribution in [0.3, 0.4) is 0 Å². The lowest BCUT2D eigenvalue weighted by molar-refractivity contribution is 0.0353. The van der Waals surface area contributed by atoms with Crippen molar-refractivity contribution in [3.63, 3.8) is 0 Å². The minimum Gasteiger partial charge on any atom is -0.497 e. The number of morpholine rings is 1. The van der Waals surface area contributed by atoms with Crippen LogP contribution in [0.4, 0.5) is 0 Å². The van der Waals surface area contributed by atoms with Gasteiger partial charge in [0.2, 0.25) is 5.76 Å². The van der Waals surface area contributed by atoms with Crippen LogP contribution in [0.2, 0.25) is 0 Å². The van der Waals surface area contributed by atoms with E-state index in [1.54, 1.807) is 42.6 Å². The summed E-state index contributed by atoms with van der Waals surface area (Å²) >= 11 is 0. The third-order valence-corrected chi connectivity index (χ3v) is 6.15. The quantitative estimate of drug-likeness (QED) is 0.588. The van der Waals surface area contributed by atoms with Gasteiger partial charge in [-0.15, -0.1) is 0 Å². The van der Waals surface area contributed by atoms with Gasteiger partial charge >= 0.3 is 0 Å². The van der Waals surface area contributed by atoms with Gasteiger partial charge in [-0.3, -0.25) is 19.5 Å². The zero-order valence-electron chi connectivity index (χ0n) is 18.0. The molecule has 0 N–H and O–H groups in total. The maximum absolute atomic E-state index is 13.5. The molecule has 0 aliphatic carbocycles. The molecule has 2 aromatic heterocycles. The smallest absolute Gasteiger partial charge is 0.290 e. The summed E-state index contributed by atoms with van der Waals surface area (Å²) in [6, 6.07) is 8.25. The molecule has 32 heavy (non-hydrogen) atoms. The highest BCUT2D eigenvalue weighted by molar-refractivity contribution is 5.99. The molecular formula is C24H25N3O5. The van der Waals surface area contributed by atoms with E-state index in [4.69, 9.17) is 13.9 Å². The summed E-state index contributed by atoms with van der Waals surface area (Å²) in [6.45, 7) is 4.64. The second-order valence-electron chi connectivity index (χ2n) is 8.03. The molecule has 0 radical (unpaired) electrons. The zero-order chi connectivity index (χ0) is 22.1. The summed E-state index contributed by atoms with van der Waals surface area (Å²) in [7, 11) is 1.55. The van der Waals surface area contributed by atoms with Gasteiger partial charge in [0.15, 0.2) is 5.43 Å². The lowest BCUT2D eigenvalue weighted by Crippen LogP contribution is -2.38. The molecule has 166 valence electrons. The Morgan fingerprint density at radius 1 is 1.16 bits per heavy atom. The first kappa shape index (κ1) is 20.7. The number of rotatable bonds is 6. The third kappa shape index (κ3) is 3.65. The van der Waals surface area contributed by atoms with E-state index >= 15 is 0 Å². The van der Waals surface area contributed by atoms with Gasteiger partial charge < -0.3 is 18.8 Å². The first-order valence-corrected chi connectivity index (χ1v) is 10.8. The zero-order valence-corrected chi connectivity index (χ0v) is 18.0. The monoisotopic (exact) mass is 435 g/mol. The number of fused-ring (bicyclic) bond motifs is 2. The molecule has 1 atom stereocenters. The number of aromatic nitrogens is 1. The van der Waals surface area contributed by atoms with Crippen LogP contribution >= 0.6 is 0 Å². The van der Waals surface area contributed by atoms with Crippen LogP contribution in [-0.2, 0) is 4.74 Å². The Morgan fingerprint density at radius 2 is 2.00 bits per heavy atom.